The number of sulfonamides is 1. The Kier molecular flexibility index (Phi) is 3.31. The molecule has 3 rings (SSSR count). The second-order valence-electron chi connectivity index (χ2n) is 5.19. The first kappa shape index (κ1) is 14.2. The van der Waals surface area contributed by atoms with Gasteiger partial charge < -0.3 is 5.32 Å². The average molecular weight is 309 g/mol. The van der Waals surface area contributed by atoms with Gasteiger partial charge in [0.1, 0.15) is 0 Å². The molecule has 1 unspecified atom stereocenters. The summed E-state index contributed by atoms with van der Waals surface area (Å²) < 4.78 is 27.2. The highest BCUT2D eigenvalue weighted by molar-refractivity contribution is 7.89. The number of imide groups is 1. The predicted molar refractivity (Wildman–Crippen MR) is 74.5 cm³/mol. The zero-order valence-electron chi connectivity index (χ0n) is 11.4. The number of nitrogens with zero attached hydrogens (tertiary/aromatic N) is 1. The Bertz CT molecular complexity index is 723. The first-order valence-electron chi connectivity index (χ1n) is 6.59. The second kappa shape index (κ2) is 4.90. The summed E-state index contributed by atoms with van der Waals surface area (Å²) in [6.07, 6.45) is 0.727. The molecule has 0 aromatic heterocycles. The van der Waals surface area contributed by atoms with Crippen LogP contribution in [-0.4, -0.2) is 51.3 Å². The quantitative estimate of drug-likeness (QED) is 0.738. The number of rotatable bonds is 3. The SMILES string of the molecule is CN1C(=O)c2ccc(S(=O)(=O)NC3CCNC3)cc2C1=O. The maximum Gasteiger partial charge on any atom is 0.261 e. The average Bonchev–Trinajstić information content (AvgIpc) is 3.02. The summed E-state index contributed by atoms with van der Waals surface area (Å²) in [5.74, 6) is -0.888. The van der Waals surface area contributed by atoms with Crippen LogP contribution in [0.1, 0.15) is 27.1 Å². The number of hydrogen-bond donors (Lipinski definition) is 2. The molecule has 2 aliphatic heterocycles. The fourth-order valence-electron chi connectivity index (χ4n) is 2.55. The summed E-state index contributed by atoms with van der Waals surface area (Å²) in [5, 5.41) is 3.07. The number of benzene rings is 1. The van der Waals surface area contributed by atoms with Crippen molar-refractivity contribution in [3.8, 4) is 0 Å². The molecule has 112 valence electrons. The van der Waals surface area contributed by atoms with E-state index in [1.165, 1.54) is 25.2 Å². The predicted octanol–water partition coefficient (Wildman–Crippen LogP) is -0.447. The molecule has 2 aliphatic rings. The van der Waals surface area contributed by atoms with Crippen LogP contribution in [0.15, 0.2) is 23.1 Å². The highest BCUT2D eigenvalue weighted by Crippen LogP contribution is 2.24. The number of carbonyl (C=O) groups excluding carboxylic acids is 2. The molecule has 0 saturated carbocycles. The van der Waals surface area contributed by atoms with Gasteiger partial charge in [-0.2, -0.15) is 0 Å². The fraction of sp³-hybridized carbons (Fsp3) is 0.385. The van der Waals surface area contributed by atoms with Crippen LogP contribution in [0.2, 0.25) is 0 Å². The molecular formula is C13H15N3O4S. The standard InChI is InChI=1S/C13H15N3O4S/c1-16-12(17)10-3-2-9(6-11(10)13(16)18)21(19,20)15-8-4-5-14-7-8/h2-3,6,8,14-15H,4-5,7H2,1H3. The van der Waals surface area contributed by atoms with E-state index in [1.807, 2.05) is 0 Å². The van der Waals surface area contributed by atoms with E-state index in [-0.39, 0.29) is 22.1 Å². The molecule has 0 spiro atoms. The fourth-order valence-corrected chi connectivity index (χ4v) is 3.85. The smallest absolute Gasteiger partial charge is 0.261 e. The van der Waals surface area contributed by atoms with Gasteiger partial charge >= 0.3 is 0 Å². The van der Waals surface area contributed by atoms with Crippen LogP contribution in [-0.2, 0) is 10.0 Å². The van der Waals surface area contributed by atoms with Gasteiger partial charge in [-0.3, -0.25) is 14.5 Å². The summed E-state index contributed by atoms with van der Waals surface area (Å²) in [6.45, 7) is 1.36. The molecule has 2 amide bonds. The van der Waals surface area contributed by atoms with Gasteiger partial charge in [-0.05, 0) is 31.2 Å². The molecule has 1 fully saturated rings. The van der Waals surface area contributed by atoms with Crippen LogP contribution in [0.25, 0.3) is 0 Å². The lowest BCUT2D eigenvalue weighted by atomic mass is 10.1. The zero-order valence-corrected chi connectivity index (χ0v) is 12.2. The number of amides is 2. The third-order valence-corrected chi connectivity index (χ3v) is 5.27. The van der Waals surface area contributed by atoms with Gasteiger partial charge in [0, 0.05) is 19.6 Å². The van der Waals surface area contributed by atoms with E-state index in [1.54, 1.807) is 0 Å². The van der Waals surface area contributed by atoms with Crippen molar-refractivity contribution in [3.63, 3.8) is 0 Å². The van der Waals surface area contributed by atoms with E-state index < -0.39 is 21.8 Å². The van der Waals surface area contributed by atoms with Gasteiger partial charge in [0.2, 0.25) is 10.0 Å². The Morgan fingerprint density at radius 3 is 2.62 bits per heavy atom. The van der Waals surface area contributed by atoms with Crippen molar-refractivity contribution < 1.29 is 18.0 Å². The largest absolute Gasteiger partial charge is 0.315 e. The van der Waals surface area contributed by atoms with E-state index in [9.17, 15) is 18.0 Å². The Morgan fingerprint density at radius 2 is 1.95 bits per heavy atom. The summed E-state index contributed by atoms with van der Waals surface area (Å²) in [6, 6.07) is 3.86. The molecule has 0 bridgehead atoms. The van der Waals surface area contributed by atoms with Crippen molar-refractivity contribution in [2.45, 2.75) is 17.4 Å². The van der Waals surface area contributed by atoms with E-state index in [0.717, 1.165) is 17.9 Å². The van der Waals surface area contributed by atoms with E-state index in [2.05, 4.69) is 10.0 Å². The van der Waals surface area contributed by atoms with Crippen LogP contribution >= 0.6 is 0 Å². The number of nitrogens with one attached hydrogen (secondary N) is 2. The van der Waals surface area contributed by atoms with Crippen molar-refractivity contribution in [3.05, 3.63) is 29.3 Å². The van der Waals surface area contributed by atoms with Gasteiger partial charge in [-0.25, -0.2) is 13.1 Å². The molecule has 8 heteroatoms. The lowest BCUT2D eigenvalue weighted by molar-refractivity contribution is 0.0693. The normalized spacial score (nSPS) is 22.0. The van der Waals surface area contributed by atoms with Gasteiger partial charge in [0.25, 0.3) is 11.8 Å². The minimum Gasteiger partial charge on any atom is -0.315 e. The molecule has 0 radical (unpaired) electrons. The lowest BCUT2D eigenvalue weighted by Gasteiger charge is -2.12. The third kappa shape index (κ3) is 2.35. The highest BCUT2D eigenvalue weighted by atomic mass is 32.2. The Labute approximate surface area is 122 Å². The van der Waals surface area contributed by atoms with Crippen LogP contribution in [0.4, 0.5) is 0 Å². The zero-order chi connectivity index (χ0) is 15.2. The monoisotopic (exact) mass is 309 g/mol. The van der Waals surface area contributed by atoms with Crippen LogP contribution < -0.4 is 10.0 Å². The summed E-state index contributed by atoms with van der Waals surface area (Å²) >= 11 is 0. The van der Waals surface area contributed by atoms with Gasteiger partial charge in [-0.15, -0.1) is 0 Å². The van der Waals surface area contributed by atoms with Crippen molar-refractivity contribution >= 4 is 21.8 Å². The number of carbonyl (C=O) groups is 2. The molecule has 1 aromatic rings. The van der Waals surface area contributed by atoms with Crippen LogP contribution in [0.5, 0.6) is 0 Å². The third-order valence-electron chi connectivity index (χ3n) is 3.75. The molecule has 21 heavy (non-hydrogen) atoms. The maximum atomic E-state index is 12.3. The van der Waals surface area contributed by atoms with Crippen molar-refractivity contribution in [2.75, 3.05) is 20.1 Å². The topological polar surface area (TPSA) is 95.6 Å². The number of hydrogen-bond acceptors (Lipinski definition) is 5. The molecule has 2 N–H and O–H groups in total. The molecule has 1 atom stereocenters. The number of fused-ring (bicyclic) bond motifs is 1. The Hall–Kier alpha value is -1.77. The highest BCUT2D eigenvalue weighted by Gasteiger charge is 2.34. The summed E-state index contributed by atoms with van der Waals surface area (Å²) in [7, 11) is -2.32. The van der Waals surface area contributed by atoms with Crippen molar-refractivity contribution in [2.24, 2.45) is 0 Å². The molecule has 1 saturated heterocycles. The molecular weight excluding hydrogens is 294 g/mol. The van der Waals surface area contributed by atoms with Crippen molar-refractivity contribution in [1.29, 1.82) is 0 Å². The van der Waals surface area contributed by atoms with Crippen LogP contribution in [0, 0.1) is 0 Å². The van der Waals surface area contributed by atoms with Gasteiger partial charge in [0.05, 0.1) is 16.0 Å². The molecule has 1 aromatic carbocycles. The molecule has 2 heterocycles. The first-order valence-corrected chi connectivity index (χ1v) is 8.08. The molecule has 0 aliphatic carbocycles. The van der Waals surface area contributed by atoms with Gasteiger partial charge in [0.15, 0.2) is 0 Å². The van der Waals surface area contributed by atoms with Crippen LogP contribution in [0.3, 0.4) is 0 Å². The lowest BCUT2D eigenvalue weighted by Crippen LogP contribution is -2.36. The summed E-state index contributed by atoms with van der Waals surface area (Å²) in [4.78, 5) is 24.7. The van der Waals surface area contributed by atoms with Crippen molar-refractivity contribution in [1.82, 2.24) is 14.9 Å². The van der Waals surface area contributed by atoms with Gasteiger partial charge in [-0.1, -0.05) is 0 Å². The second-order valence-corrected chi connectivity index (χ2v) is 6.90. The van der Waals surface area contributed by atoms with E-state index in [4.69, 9.17) is 0 Å². The van der Waals surface area contributed by atoms with E-state index in [0.29, 0.717) is 6.54 Å². The Balaban J connectivity index is 1.94. The molecule has 7 nitrogen and oxygen atoms in total. The maximum absolute atomic E-state index is 12.3. The minimum atomic E-state index is -3.70. The first-order chi connectivity index (χ1) is 9.90. The van der Waals surface area contributed by atoms with E-state index >= 15 is 0 Å². The summed E-state index contributed by atoms with van der Waals surface area (Å²) in [5.41, 5.74) is 0.374. The Morgan fingerprint density at radius 1 is 1.24 bits per heavy atom. The minimum absolute atomic E-state index is 0.00426.